The number of halogens is 2. The molecule has 2 amide bonds. The molecule has 0 spiro atoms. The third-order valence-corrected chi connectivity index (χ3v) is 6.79. The average Bonchev–Trinajstić information content (AvgIpc) is 2.75. The van der Waals surface area contributed by atoms with E-state index in [9.17, 15) is 9.59 Å². The zero-order chi connectivity index (χ0) is 23.7. The van der Waals surface area contributed by atoms with Crippen molar-refractivity contribution in [3.05, 3.63) is 63.6 Å². The monoisotopic (exact) mass is 494 g/mol. The summed E-state index contributed by atoms with van der Waals surface area (Å²) in [6.45, 7) is 8.79. The molecule has 0 aliphatic carbocycles. The van der Waals surface area contributed by atoms with E-state index in [1.165, 1.54) is 5.56 Å². The molecule has 1 N–H and O–H groups in total. The molecule has 0 bridgehead atoms. The minimum absolute atomic E-state index is 0.0906. The molecule has 4 nitrogen and oxygen atoms in total. The first-order valence-electron chi connectivity index (χ1n) is 10.9. The standard InChI is InChI=1S/C25H32Cl2N2O2S/c1-5-23(25(31)28-15-17(2)3)29(16-20-21(26)7-6-8-22(20)27)24(30)13-14-32-19-11-9-18(4)10-12-19/h6-12,17,23H,5,13-16H2,1-4H3,(H,28,31)/t23-/m1/s1. The third-order valence-electron chi connectivity index (χ3n) is 5.07. The molecule has 0 aliphatic heterocycles. The number of carbonyl (C=O) groups is 2. The van der Waals surface area contributed by atoms with Crippen molar-refractivity contribution in [1.29, 1.82) is 0 Å². The number of hydrogen-bond donors (Lipinski definition) is 1. The molecule has 0 fully saturated rings. The molecule has 2 aromatic carbocycles. The van der Waals surface area contributed by atoms with Gasteiger partial charge in [-0.3, -0.25) is 9.59 Å². The van der Waals surface area contributed by atoms with E-state index >= 15 is 0 Å². The minimum Gasteiger partial charge on any atom is -0.354 e. The number of nitrogens with zero attached hydrogens (tertiary/aromatic N) is 1. The second-order valence-electron chi connectivity index (χ2n) is 8.20. The van der Waals surface area contributed by atoms with Gasteiger partial charge in [-0.15, -0.1) is 11.8 Å². The first-order chi connectivity index (χ1) is 15.2. The molecule has 7 heteroatoms. The van der Waals surface area contributed by atoms with Gasteiger partial charge in [0, 0.05) is 45.8 Å². The SMILES string of the molecule is CC[C@H](C(=O)NCC(C)C)N(Cc1c(Cl)cccc1Cl)C(=O)CCSc1ccc(C)cc1. The molecule has 0 saturated carbocycles. The van der Waals surface area contributed by atoms with Gasteiger partial charge in [0.2, 0.25) is 11.8 Å². The quantitative estimate of drug-likeness (QED) is 0.369. The van der Waals surface area contributed by atoms with Crippen molar-refractivity contribution in [2.24, 2.45) is 5.92 Å². The Hall–Kier alpha value is -1.69. The number of carbonyl (C=O) groups excluding carboxylic acids is 2. The maximum atomic E-state index is 13.3. The molecule has 0 saturated heterocycles. The van der Waals surface area contributed by atoms with Gasteiger partial charge in [0.25, 0.3) is 0 Å². The Morgan fingerprint density at radius 3 is 2.25 bits per heavy atom. The lowest BCUT2D eigenvalue weighted by molar-refractivity contribution is -0.141. The maximum absolute atomic E-state index is 13.3. The van der Waals surface area contributed by atoms with Crippen LogP contribution in [-0.4, -0.2) is 35.1 Å². The van der Waals surface area contributed by atoms with E-state index in [-0.39, 0.29) is 18.4 Å². The maximum Gasteiger partial charge on any atom is 0.242 e. The van der Waals surface area contributed by atoms with Crippen molar-refractivity contribution in [2.45, 2.75) is 58.0 Å². The van der Waals surface area contributed by atoms with Crippen LogP contribution in [0.3, 0.4) is 0 Å². The highest BCUT2D eigenvalue weighted by atomic mass is 35.5. The van der Waals surface area contributed by atoms with Crippen molar-refractivity contribution in [1.82, 2.24) is 10.2 Å². The van der Waals surface area contributed by atoms with Gasteiger partial charge in [0.05, 0.1) is 0 Å². The summed E-state index contributed by atoms with van der Waals surface area (Å²) in [6.07, 6.45) is 0.817. The number of nitrogens with one attached hydrogen (secondary N) is 1. The lowest BCUT2D eigenvalue weighted by atomic mass is 10.1. The van der Waals surface area contributed by atoms with Gasteiger partial charge in [-0.05, 0) is 43.5 Å². The van der Waals surface area contributed by atoms with Crippen LogP contribution in [0.2, 0.25) is 10.0 Å². The second kappa shape index (κ2) is 13.1. The third kappa shape index (κ3) is 8.02. The Bertz CT molecular complexity index is 883. The molecule has 2 aromatic rings. The van der Waals surface area contributed by atoms with Gasteiger partial charge in [-0.1, -0.05) is 67.7 Å². The van der Waals surface area contributed by atoms with Crippen molar-refractivity contribution in [3.8, 4) is 0 Å². The Morgan fingerprint density at radius 1 is 1.06 bits per heavy atom. The van der Waals surface area contributed by atoms with Crippen molar-refractivity contribution in [3.63, 3.8) is 0 Å². The largest absolute Gasteiger partial charge is 0.354 e. The van der Waals surface area contributed by atoms with Crippen LogP contribution in [0, 0.1) is 12.8 Å². The molecule has 0 heterocycles. The second-order valence-corrected chi connectivity index (χ2v) is 10.2. The molecule has 174 valence electrons. The van der Waals surface area contributed by atoms with Crippen molar-refractivity contribution < 1.29 is 9.59 Å². The predicted molar refractivity (Wildman–Crippen MR) is 135 cm³/mol. The summed E-state index contributed by atoms with van der Waals surface area (Å²) in [6, 6.07) is 12.9. The fourth-order valence-electron chi connectivity index (χ4n) is 3.23. The van der Waals surface area contributed by atoms with E-state index < -0.39 is 6.04 Å². The molecule has 2 rings (SSSR count). The van der Waals surface area contributed by atoms with E-state index in [4.69, 9.17) is 23.2 Å². The first-order valence-corrected chi connectivity index (χ1v) is 12.7. The van der Waals surface area contributed by atoms with Gasteiger partial charge in [0.15, 0.2) is 0 Å². The van der Waals surface area contributed by atoms with E-state index in [1.807, 2.05) is 27.7 Å². The number of aryl methyl sites for hydroxylation is 1. The highest BCUT2D eigenvalue weighted by Crippen LogP contribution is 2.28. The number of thioether (sulfide) groups is 1. The summed E-state index contributed by atoms with van der Waals surface area (Å²) >= 11 is 14.4. The summed E-state index contributed by atoms with van der Waals surface area (Å²) in [7, 11) is 0. The fraction of sp³-hybridized carbons (Fsp3) is 0.440. The van der Waals surface area contributed by atoms with E-state index in [2.05, 4.69) is 29.6 Å². The molecule has 0 radical (unpaired) electrons. The summed E-state index contributed by atoms with van der Waals surface area (Å²) < 4.78 is 0. The van der Waals surface area contributed by atoms with E-state index in [0.29, 0.717) is 46.7 Å². The smallest absolute Gasteiger partial charge is 0.242 e. The Labute approximate surface area is 206 Å². The predicted octanol–water partition coefficient (Wildman–Crippen LogP) is 6.36. The lowest BCUT2D eigenvalue weighted by Gasteiger charge is -2.31. The summed E-state index contributed by atoms with van der Waals surface area (Å²) in [5.41, 5.74) is 1.86. The molecule has 0 aliphatic rings. The van der Waals surface area contributed by atoms with E-state index in [0.717, 1.165) is 4.90 Å². The normalized spacial score (nSPS) is 12.0. The van der Waals surface area contributed by atoms with Crippen LogP contribution in [0.25, 0.3) is 0 Å². The number of amides is 2. The highest BCUT2D eigenvalue weighted by molar-refractivity contribution is 7.99. The van der Waals surface area contributed by atoms with Gasteiger partial charge in [-0.25, -0.2) is 0 Å². The highest BCUT2D eigenvalue weighted by Gasteiger charge is 2.29. The molecule has 0 aromatic heterocycles. The van der Waals surface area contributed by atoms with Crippen LogP contribution in [0.4, 0.5) is 0 Å². The Kier molecular flexibility index (Phi) is 10.9. The number of hydrogen-bond acceptors (Lipinski definition) is 3. The van der Waals surface area contributed by atoms with Crippen molar-refractivity contribution in [2.75, 3.05) is 12.3 Å². The minimum atomic E-state index is -0.585. The molecular formula is C25H32Cl2N2O2S. The topological polar surface area (TPSA) is 49.4 Å². The van der Waals surface area contributed by atoms with Crippen LogP contribution in [-0.2, 0) is 16.1 Å². The van der Waals surface area contributed by atoms with Crippen LogP contribution >= 0.6 is 35.0 Å². The first kappa shape index (κ1) is 26.6. The average molecular weight is 496 g/mol. The van der Waals surface area contributed by atoms with Crippen LogP contribution in [0.1, 0.15) is 44.7 Å². The lowest BCUT2D eigenvalue weighted by Crippen LogP contribution is -2.49. The zero-order valence-electron chi connectivity index (χ0n) is 19.2. The fourth-order valence-corrected chi connectivity index (χ4v) is 4.59. The molecule has 32 heavy (non-hydrogen) atoms. The number of rotatable bonds is 11. The summed E-state index contributed by atoms with van der Waals surface area (Å²) in [4.78, 5) is 29.0. The van der Waals surface area contributed by atoms with Gasteiger partial charge in [-0.2, -0.15) is 0 Å². The Morgan fingerprint density at radius 2 is 1.69 bits per heavy atom. The van der Waals surface area contributed by atoms with Crippen molar-refractivity contribution >= 4 is 46.8 Å². The number of benzene rings is 2. The molecular weight excluding hydrogens is 463 g/mol. The Balaban J connectivity index is 2.18. The summed E-state index contributed by atoms with van der Waals surface area (Å²) in [5.74, 6) is 0.708. The van der Waals surface area contributed by atoms with Gasteiger partial charge >= 0.3 is 0 Å². The zero-order valence-corrected chi connectivity index (χ0v) is 21.5. The van der Waals surface area contributed by atoms with Gasteiger partial charge in [0.1, 0.15) is 6.04 Å². The van der Waals surface area contributed by atoms with Crippen LogP contribution in [0.5, 0.6) is 0 Å². The van der Waals surface area contributed by atoms with Crippen LogP contribution < -0.4 is 5.32 Å². The summed E-state index contributed by atoms with van der Waals surface area (Å²) in [5, 5.41) is 3.94. The van der Waals surface area contributed by atoms with Crippen LogP contribution in [0.15, 0.2) is 47.4 Å². The molecule has 1 atom stereocenters. The molecule has 0 unspecified atom stereocenters. The van der Waals surface area contributed by atoms with Gasteiger partial charge < -0.3 is 10.2 Å². The van der Waals surface area contributed by atoms with E-state index in [1.54, 1.807) is 34.9 Å².